The highest BCUT2D eigenvalue weighted by Gasteiger charge is 2.52. The molecule has 3 aliphatic rings. The summed E-state index contributed by atoms with van der Waals surface area (Å²) in [4.78, 5) is 53.0. The Morgan fingerprint density at radius 1 is 1.10 bits per heavy atom. The summed E-state index contributed by atoms with van der Waals surface area (Å²) < 4.78 is 39.8. The van der Waals surface area contributed by atoms with Crippen LogP contribution in [-0.2, 0) is 36.2 Å². The van der Waals surface area contributed by atoms with Crippen molar-refractivity contribution in [2.75, 3.05) is 6.54 Å². The van der Waals surface area contributed by atoms with E-state index in [4.69, 9.17) is 15.2 Å². The number of nitrogens with zero attached hydrogens (tertiary/aromatic N) is 2. The van der Waals surface area contributed by atoms with Gasteiger partial charge in [-0.15, -0.1) is 0 Å². The molecule has 1 aromatic carbocycles. The van der Waals surface area contributed by atoms with Crippen LogP contribution < -0.4 is 20.5 Å². The number of sulfonamides is 1. The van der Waals surface area contributed by atoms with Crippen molar-refractivity contribution in [2.45, 2.75) is 114 Å². The number of primary amides is 1. The molecule has 2 aliphatic carbocycles. The van der Waals surface area contributed by atoms with Gasteiger partial charge in [-0.2, -0.15) is 0 Å². The number of unbranched alkanes of at least 4 members (excludes halogenated alkanes) is 3. The van der Waals surface area contributed by atoms with Crippen molar-refractivity contribution in [1.29, 1.82) is 0 Å². The molecular formula is C36H51N5O8S. The van der Waals surface area contributed by atoms with E-state index in [1.165, 1.54) is 4.90 Å². The van der Waals surface area contributed by atoms with Crippen LogP contribution in [0.3, 0.4) is 0 Å². The molecule has 13 nitrogen and oxygen atoms in total. The van der Waals surface area contributed by atoms with Crippen LogP contribution in [0.15, 0.2) is 42.6 Å². The second kappa shape index (κ2) is 14.7. The van der Waals surface area contributed by atoms with Gasteiger partial charge in [-0.05, 0) is 95.7 Å². The Balaban J connectivity index is 1.13. The zero-order valence-electron chi connectivity index (χ0n) is 29.6. The van der Waals surface area contributed by atoms with Gasteiger partial charge < -0.3 is 30.0 Å². The first kappa shape index (κ1) is 37.2. The van der Waals surface area contributed by atoms with Crippen LogP contribution in [0.1, 0.15) is 85.5 Å². The van der Waals surface area contributed by atoms with Crippen LogP contribution in [0.5, 0.6) is 5.75 Å². The molecule has 1 saturated heterocycles. The maximum atomic E-state index is 13.9. The minimum Gasteiger partial charge on any atom is -0.488 e. The number of nitrogens with two attached hydrogens (primary N) is 1. The third-order valence-corrected chi connectivity index (χ3v) is 12.0. The molecule has 0 bridgehead atoms. The molecule has 5 unspecified atom stereocenters. The van der Waals surface area contributed by atoms with Gasteiger partial charge in [-0.25, -0.2) is 13.2 Å². The van der Waals surface area contributed by atoms with Gasteiger partial charge in [0.15, 0.2) is 0 Å². The minimum absolute atomic E-state index is 0.0322. The third-order valence-electron chi connectivity index (χ3n) is 9.79. The minimum atomic E-state index is -3.63. The summed E-state index contributed by atoms with van der Waals surface area (Å²) in [5.74, 6) is -1.15. The van der Waals surface area contributed by atoms with Gasteiger partial charge in [-0.3, -0.25) is 19.1 Å². The summed E-state index contributed by atoms with van der Waals surface area (Å²) in [5.41, 5.74) is 5.98. The molecule has 5 rings (SSSR count). The van der Waals surface area contributed by atoms with E-state index in [9.17, 15) is 27.6 Å². The molecule has 14 heteroatoms. The second-order valence-corrected chi connectivity index (χ2v) is 17.4. The van der Waals surface area contributed by atoms with E-state index in [-0.39, 0.29) is 24.8 Å². The van der Waals surface area contributed by atoms with Crippen molar-refractivity contribution < 1.29 is 37.1 Å². The highest BCUT2D eigenvalue weighted by atomic mass is 32.2. The van der Waals surface area contributed by atoms with Gasteiger partial charge >= 0.3 is 6.09 Å². The highest BCUT2D eigenvalue weighted by Crippen LogP contribution is 2.44. The summed E-state index contributed by atoms with van der Waals surface area (Å²) in [6.07, 6.45) is 10.0. The standard InChI is InChI=1S/C36H51N5O8S/c1-35(2,3)49-34(45)38-28(12-10-8-6-7-9-11-24-19-27(24)32(43)39-50(46,47)36(4)16-17-36)33(44)41-22-26(21-30(41)31(37)42)48-25-14-13-23-15-18-40(5)29(23)20-25/h9,11,13-15,18,20,24,26-28,30H,6-8,10,12,16-17,19,21-22H2,1-5H3,(H2,37,42)(H,38,45)(H,39,43). The van der Waals surface area contributed by atoms with Crippen LogP contribution >= 0.6 is 0 Å². The van der Waals surface area contributed by atoms with Gasteiger partial charge in [-0.1, -0.05) is 25.0 Å². The van der Waals surface area contributed by atoms with Crippen molar-refractivity contribution in [3.63, 3.8) is 0 Å². The number of amides is 4. The Morgan fingerprint density at radius 3 is 2.52 bits per heavy atom. The molecule has 274 valence electrons. The van der Waals surface area contributed by atoms with Crippen molar-refractivity contribution in [3.8, 4) is 5.75 Å². The monoisotopic (exact) mass is 713 g/mol. The Morgan fingerprint density at radius 2 is 1.84 bits per heavy atom. The summed E-state index contributed by atoms with van der Waals surface area (Å²) in [6, 6.07) is 5.93. The number of benzene rings is 1. The average molecular weight is 714 g/mol. The van der Waals surface area contributed by atoms with E-state index >= 15 is 0 Å². The van der Waals surface area contributed by atoms with Crippen LogP contribution in [0.2, 0.25) is 0 Å². The van der Waals surface area contributed by atoms with Crippen LogP contribution in [-0.4, -0.2) is 76.8 Å². The number of allylic oxidation sites excluding steroid dienone is 2. The maximum Gasteiger partial charge on any atom is 0.408 e. The van der Waals surface area contributed by atoms with Gasteiger partial charge in [0.1, 0.15) is 29.5 Å². The Kier molecular flexibility index (Phi) is 10.9. The molecule has 1 aromatic heterocycles. The summed E-state index contributed by atoms with van der Waals surface area (Å²) in [5, 5.41) is 3.79. The lowest BCUT2D eigenvalue weighted by Crippen LogP contribution is -2.53. The fraction of sp³-hybridized carbons (Fsp3) is 0.611. The smallest absolute Gasteiger partial charge is 0.408 e. The van der Waals surface area contributed by atoms with E-state index < -0.39 is 62.4 Å². The van der Waals surface area contributed by atoms with Gasteiger partial charge in [0.2, 0.25) is 27.7 Å². The lowest BCUT2D eigenvalue weighted by atomic mass is 10.0. The number of rotatable bonds is 15. The van der Waals surface area contributed by atoms with E-state index in [2.05, 4.69) is 10.0 Å². The number of alkyl carbamates (subject to hydrolysis) is 1. The lowest BCUT2D eigenvalue weighted by molar-refractivity contribution is -0.139. The second-order valence-electron chi connectivity index (χ2n) is 15.2. The first-order valence-electron chi connectivity index (χ1n) is 17.5. The van der Waals surface area contributed by atoms with Crippen LogP contribution in [0.4, 0.5) is 4.79 Å². The van der Waals surface area contributed by atoms with E-state index in [0.717, 1.165) is 30.2 Å². The van der Waals surface area contributed by atoms with Crippen LogP contribution in [0, 0.1) is 11.8 Å². The van der Waals surface area contributed by atoms with Crippen molar-refractivity contribution in [3.05, 3.63) is 42.6 Å². The average Bonchev–Trinajstić information content (AvgIpc) is 3.90. The number of likely N-dealkylation sites (tertiary alicyclic amines) is 1. The quantitative estimate of drug-likeness (QED) is 0.183. The number of carbonyl (C=O) groups excluding carboxylic acids is 4. The Bertz CT molecular complexity index is 1740. The van der Waals surface area contributed by atoms with Crippen LogP contribution in [0.25, 0.3) is 10.9 Å². The first-order chi connectivity index (χ1) is 23.5. The number of hydrogen-bond donors (Lipinski definition) is 3. The lowest BCUT2D eigenvalue weighted by Gasteiger charge is -2.28. The molecule has 0 spiro atoms. The molecule has 50 heavy (non-hydrogen) atoms. The highest BCUT2D eigenvalue weighted by molar-refractivity contribution is 7.91. The van der Waals surface area contributed by atoms with E-state index in [1.54, 1.807) is 27.7 Å². The van der Waals surface area contributed by atoms with Gasteiger partial charge in [0.25, 0.3) is 0 Å². The number of hydrogen-bond acceptors (Lipinski definition) is 8. The molecule has 2 saturated carbocycles. The zero-order valence-corrected chi connectivity index (χ0v) is 30.5. The van der Waals surface area contributed by atoms with Gasteiger partial charge in [0.05, 0.1) is 16.8 Å². The number of nitrogens with one attached hydrogen (secondary N) is 2. The molecule has 3 fully saturated rings. The molecule has 0 radical (unpaired) electrons. The summed E-state index contributed by atoms with van der Waals surface area (Å²) in [7, 11) is -1.69. The SMILES string of the molecule is Cn1ccc2ccc(OC3CC(C(N)=O)N(C(=O)C(CCCCCC=CC4CC4C(=O)NS(=O)(=O)C4(C)CC4)NC(=O)OC(C)(C)C)C3)cc21. The largest absolute Gasteiger partial charge is 0.488 e. The van der Waals surface area contributed by atoms with E-state index in [1.807, 2.05) is 54.2 Å². The van der Waals surface area contributed by atoms with Crippen molar-refractivity contribution in [1.82, 2.24) is 19.5 Å². The van der Waals surface area contributed by atoms with E-state index in [0.29, 0.717) is 37.9 Å². The number of fused-ring (bicyclic) bond motifs is 1. The molecule has 2 aromatic rings. The summed E-state index contributed by atoms with van der Waals surface area (Å²) in [6.45, 7) is 7.01. The van der Waals surface area contributed by atoms with Crippen molar-refractivity contribution in [2.24, 2.45) is 24.6 Å². The molecule has 4 N–H and O–H groups in total. The number of carbonyl (C=O) groups is 4. The Hall–Kier alpha value is -4.07. The maximum absolute atomic E-state index is 13.9. The normalized spacial score (nSPS) is 23.4. The topological polar surface area (TPSA) is 179 Å². The summed E-state index contributed by atoms with van der Waals surface area (Å²) >= 11 is 0. The number of aromatic nitrogens is 1. The fourth-order valence-electron chi connectivity index (χ4n) is 6.37. The zero-order chi connectivity index (χ0) is 36.4. The third kappa shape index (κ3) is 9.18. The predicted molar refractivity (Wildman–Crippen MR) is 188 cm³/mol. The van der Waals surface area contributed by atoms with Crippen molar-refractivity contribution >= 4 is 44.7 Å². The number of ether oxygens (including phenoxy) is 2. The molecule has 2 heterocycles. The molecule has 5 atom stereocenters. The Labute approximate surface area is 294 Å². The first-order valence-corrected chi connectivity index (χ1v) is 19.0. The van der Waals surface area contributed by atoms with Gasteiger partial charge in [0, 0.05) is 31.6 Å². The molecule has 4 amide bonds. The molecule has 1 aliphatic heterocycles. The predicted octanol–water partition coefficient (Wildman–Crippen LogP) is 4.05. The fourth-order valence-corrected chi connectivity index (χ4v) is 7.68. The number of aryl methyl sites for hydroxylation is 1. The molecular weight excluding hydrogens is 662 g/mol.